The summed E-state index contributed by atoms with van der Waals surface area (Å²) < 4.78 is 88.5. The molecule has 0 bridgehead atoms. The number of benzene rings is 3. The van der Waals surface area contributed by atoms with E-state index < -0.39 is 45.5 Å². The molecule has 0 radical (unpaired) electrons. The fourth-order valence-electron chi connectivity index (χ4n) is 3.75. The summed E-state index contributed by atoms with van der Waals surface area (Å²) >= 11 is 11.5. The van der Waals surface area contributed by atoms with Gasteiger partial charge >= 0.3 is 12.4 Å². The molecule has 0 amide bonds. The van der Waals surface area contributed by atoms with Crippen LogP contribution in [0.4, 0.5) is 26.3 Å². The maximum absolute atomic E-state index is 13.9. The lowest BCUT2D eigenvalue weighted by Gasteiger charge is -2.15. The minimum atomic E-state index is -5.00. The van der Waals surface area contributed by atoms with Crippen LogP contribution in [-0.4, -0.2) is 14.9 Å². The molecule has 0 saturated heterocycles. The second-order valence-corrected chi connectivity index (χ2v) is 8.82. The van der Waals surface area contributed by atoms with Crippen molar-refractivity contribution >= 4 is 23.2 Å². The van der Waals surface area contributed by atoms with Crippen molar-refractivity contribution in [3.8, 4) is 33.9 Å². The number of halogens is 8. The van der Waals surface area contributed by atoms with Crippen LogP contribution < -0.4 is 4.74 Å². The zero-order valence-electron chi connectivity index (χ0n) is 18.8. The highest BCUT2D eigenvalue weighted by Crippen LogP contribution is 2.46. The maximum Gasteiger partial charge on any atom is 0.435 e. The minimum Gasteiger partial charge on any atom is -0.507 e. The van der Waals surface area contributed by atoms with E-state index >= 15 is 0 Å². The van der Waals surface area contributed by atoms with Gasteiger partial charge in [-0.15, -0.1) is 0 Å². The van der Waals surface area contributed by atoms with E-state index in [0.29, 0.717) is 11.1 Å². The molecule has 0 fully saturated rings. The van der Waals surface area contributed by atoms with Gasteiger partial charge in [0.2, 0.25) is 0 Å². The molecule has 0 saturated carbocycles. The zero-order valence-corrected chi connectivity index (χ0v) is 20.3. The number of aryl methyl sites for hydroxylation is 1. The molecule has 3 aromatic carbocycles. The van der Waals surface area contributed by atoms with Gasteiger partial charge in [-0.1, -0.05) is 41.4 Å². The van der Waals surface area contributed by atoms with Crippen molar-refractivity contribution in [1.29, 1.82) is 0 Å². The van der Waals surface area contributed by atoms with Gasteiger partial charge in [-0.25, -0.2) is 0 Å². The Balaban J connectivity index is 1.80. The number of phenolic OH excluding ortho intramolecular Hbond substituents is 1. The van der Waals surface area contributed by atoms with Crippen LogP contribution in [0.2, 0.25) is 10.0 Å². The summed E-state index contributed by atoms with van der Waals surface area (Å²) in [6.45, 7) is 0.121. The van der Waals surface area contributed by atoms with Crippen molar-refractivity contribution in [3.05, 3.63) is 87.5 Å². The lowest BCUT2D eigenvalue weighted by molar-refractivity contribution is -0.141. The number of aromatic hydroxyl groups is 1. The minimum absolute atomic E-state index is 0.0946. The van der Waals surface area contributed by atoms with E-state index in [9.17, 15) is 31.4 Å². The van der Waals surface area contributed by atoms with Crippen molar-refractivity contribution in [2.24, 2.45) is 7.05 Å². The molecule has 1 aromatic heterocycles. The van der Waals surface area contributed by atoms with Crippen molar-refractivity contribution in [3.63, 3.8) is 0 Å². The Hall–Kier alpha value is -3.37. The predicted molar refractivity (Wildman–Crippen MR) is 127 cm³/mol. The van der Waals surface area contributed by atoms with Crippen LogP contribution in [0.1, 0.15) is 16.8 Å². The number of aromatic nitrogens is 2. The molecule has 4 aromatic rings. The number of hydrogen-bond donors (Lipinski definition) is 1. The smallest absolute Gasteiger partial charge is 0.435 e. The number of rotatable bonds is 5. The standard InChI is InChI=1S/C25H16Cl2F6N2O2/c1-35-22(17-8-7-16(11-20(17)36)37-12-13-2-5-15(26)6-3-13)21(23(34-35)25(31,32)33)14-4-9-19(27)18(10-14)24(28,29)30/h2-11,36H,12H2,1H3. The second-order valence-electron chi connectivity index (χ2n) is 7.98. The molecule has 0 unspecified atom stereocenters. The molecular weight excluding hydrogens is 545 g/mol. The van der Waals surface area contributed by atoms with Gasteiger partial charge in [0, 0.05) is 29.3 Å². The molecule has 4 rings (SSSR count). The Labute approximate surface area is 216 Å². The van der Waals surface area contributed by atoms with E-state index in [0.717, 1.165) is 22.4 Å². The molecule has 0 aliphatic heterocycles. The van der Waals surface area contributed by atoms with E-state index in [1.807, 2.05) is 0 Å². The van der Waals surface area contributed by atoms with Crippen LogP contribution in [0.3, 0.4) is 0 Å². The summed E-state index contributed by atoms with van der Waals surface area (Å²) in [7, 11) is 1.19. The van der Waals surface area contributed by atoms with Gasteiger partial charge in [-0.3, -0.25) is 4.68 Å². The van der Waals surface area contributed by atoms with Gasteiger partial charge in [0.1, 0.15) is 18.1 Å². The average molecular weight is 561 g/mol. The predicted octanol–water partition coefficient (Wildman–Crippen LogP) is 8.38. The molecule has 1 heterocycles. The Morgan fingerprint density at radius 2 is 1.57 bits per heavy atom. The zero-order chi connectivity index (χ0) is 27.1. The van der Waals surface area contributed by atoms with Crippen LogP contribution in [0.25, 0.3) is 22.4 Å². The summed E-state index contributed by atoms with van der Waals surface area (Å²) in [5.41, 5.74) is -3.34. The first-order valence-corrected chi connectivity index (χ1v) is 11.2. The lowest BCUT2D eigenvalue weighted by atomic mass is 9.96. The van der Waals surface area contributed by atoms with E-state index in [1.165, 1.54) is 25.2 Å². The molecule has 194 valence electrons. The second kappa shape index (κ2) is 9.83. The van der Waals surface area contributed by atoms with Crippen molar-refractivity contribution in [1.82, 2.24) is 9.78 Å². The van der Waals surface area contributed by atoms with Gasteiger partial charge in [0.25, 0.3) is 0 Å². The van der Waals surface area contributed by atoms with E-state index in [2.05, 4.69) is 5.10 Å². The molecule has 0 spiro atoms. The molecule has 37 heavy (non-hydrogen) atoms. The first-order chi connectivity index (χ1) is 17.3. The normalized spacial score (nSPS) is 12.1. The van der Waals surface area contributed by atoms with Gasteiger partial charge in [0.15, 0.2) is 5.69 Å². The van der Waals surface area contributed by atoms with Gasteiger partial charge < -0.3 is 9.84 Å². The third-order valence-electron chi connectivity index (χ3n) is 5.42. The first kappa shape index (κ1) is 26.7. The van der Waals surface area contributed by atoms with Crippen molar-refractivity contribution in [2.75, 3.05) is 0 Å². The Kier molecular flexibility index (Phi) is 7.09. The van der Waals surface area contributed by atoms with Crippen LogP contribution in [0.5, 0.6) is 11.5 Å². The highest BCUT2D eigenvalue weighted by molar-refractivity contribution is 6.31. The number of hydrogen-bond acceptors (Lipinski definition) is 3. The highest BCUT2D eigenvalue weighted by atomic mass is 35.5. The lowest BCUT2D eigenvalue weighted by Crippen LogP contribution is -2.09. The molecule has 4 nitrogen and oxygen atoms in total. The SMILES string of the molecule is Cn1nc(C(F)(F)F)c(-c2ccc(Cl)c(C(F)(F)F)c2)c1-c1ccc(OCc2ccc(Cl)cc2)cc1O. The monoisotopic (exact) mass is 560 g/mol. The molecule has 0 aliphatic rings. The number of phenols is 1. The van der Waals surface area contributed by atoms with Crippen LogP contribution >= 0.6 is 23.2 Å². The fourth-order valence-corrected chi connectivity index (χ4v) is 4.10. The Morgan fingerprint density at radius 1 is 0.892 bits per heavy atom. The van der Waals surface area contributed by atoms with Crippen molar-refractivity contribution in [2.45, 2.75) is 19.0 Å². The van der Waals surface area contributed by atoms with Crippen LogP contribution in [0.15, 0.2) is 60.7 Å². The maximum atomic E-state index is 13.9. The summed E-state index contributed by atoms with van der Waals surface area (Å²) in [4.78, 5) is 0. The molecular formula is C25H16Cl2F6N2O2. The largest absolute Gasteiger partial charge is 0.507 e. The summed E-state index contributed by atoms with van der Waals surface area (Å²) in [5.74, 6) is -0.251. The van der Waals surface area contributed by atoms with E-state index in [-0.39, 0.29) is 23.6 Å². The molecule has 0 atom stereocenters. The summed E-state index contributed by atoms with van der Waals surface area (Å²) in [5, 5.41) is 14.1. The summed E-state index contributed by atoms with van der Waals surface area (Å²) in [6, 6.07) is 13.1. The quantitative estimate of drug-likeness (QED) is 0.249. The van der Waals surface area contributed by atoms with Gasteiger partial charge in [-0.2, -0.15) is 31.4 Å². The van der Waals surface area contributed by atoms with Crippen molar-refractivity contribution < 1.29 is 36.2 Å². The van der Waals surface area contributed by atoms with E-state index in [4.69, 9.17) is 27.9 Å². The Morgan fingerprint density at radius 3 is 2.16 bits per heavy atom. The first-order valence-electron chi connectivity index (χ1n) is 10.5. The van der Waals surface area contributed by atoms with E-state index in [1.54, 1.807) is 24.3 Å². The average Bonchev–Trinajstić information content (AvgIpc) is 3.16. The summed E-state index contributed by atoms with van der Waals surface area (Å²) in [6.07, 6.45) is -9.90. The number of ether oxygens (including phenoxy) is 1. The Bertz CT molecular complexity index is 1450. The third-order valence-corrected chi connectivity index (χ3v) is 6.00. The van der Waals surface area contributed by atoms with Gasteiger partial charge in [-0.05, 0) is 47.5 Å². The molecule has 1 N–H and O–H groups in total. The molecule has 0 aliphatic carbocycles. The number of alkyl halides is 6. The topological polar surface area (TPSA) is 47.3 Å². The highest BCUT2D eigenvalue weighted by Gasteiger charge is 2.41. The molecule has 12 heteroatoms. The van der Waals surface area contributed by atoms with Gasteiger partial charge in [0.05, 0.1) is 16.3 Å². The van der Waals surface area contributed by atoms with Crippen LogP contribution in [-0.2, 0) is 26.0 Å². The van der Waals surface area contributed by atoms with Crippen LogP contribution in [0, 0.1) is 0 Å². The third kappa shape index (κ3) is 5.65. The fraction of sp³-hybridized carbons (Fsp3) is 0.160. The number of nitrogens with zero attached hydrogens (tertiary/aromatic N) is 2.